The summed E-state index contributed by atoms with van der Waals surface area (Å²) in [6.07, 6.45) is 0. The highest BCUT2D eigenvalue weighted by molar-refractivity contribution is 5.43. The molecule has 0 unspecified atom stereocenters. The van der Waals surface area contributed by atoms with Gasteiger partial charge >= 0.3 is 0 Å². The second kappa shape index (κ2) is 4.81. The number of anilines is 1. The second-order valence-corrected chi connectivity index (χ2v) is 3.57. The lowest BCUT2D eigenvalue weighted by molar-refractivity contribution is 0.628. The zero-order valence-corrected chi connectivity index (χ0v) is 8.83. The maximum atomic E-state index is 12.7. The summed E-state index contributed by atoms with van der Waals surface area (Å²) in [5.41, 5.74) is 8.46. The highest BCUT2D eigenvalue weighted by atomic mass is 19.1. The minimum Gasteiger partial charge on any atom is -0.379 e. The van der Waals surface area contributed by atoms with Crippen LogP contribution in [-0.2, 0) is 13.1 Å². The zero-order chi connectivity index (χ0) is 11.4. The Balaban J connectivity index is 1.94. The molecule has 1 aromatic heterocycles. The van der Waals surface area contributed by atoms with Gasteiger partial charge in [0.25, 0.3) is 0 Å². The lowest BCUT2D eigenvalue weighted by atomic mass is 10.3. The van der Waals surface area contributed by atoms with Gasteiger partial charge in [-0.05, 0) is 36.4 Å². The van der Waals surface area contributed by atoms with Gasteiger partial charge in [0.2, 0.25) is 0 Å². The molecule has 4 N–H and O–H groups in total. The fraction of sp³-hybridized carbons (Fsp3) is 0.167. The van der Waals surface area contributed by atoms with Crippen LogP contribution in [0.5, 0.6) is 0 Å². The summed E-state index contributed by atoms with van der Waals surface area (Å²) in [7, 11) is 0. The third-order valence-corrected chi connectivity index (χ3v) is 2.35. The van der Waals surface area contributed by atoms with Crippen LogP contribution in [0.2, 0.25) is 0 Å². The Morgan fingerprint density at radius 3 is 2.38 bits per heavy atom. The van der Waals surface area contributed by atoms with Gasteiger partial charge in [0.05, 0.1) is 6.54 Å². The Kier molecular flexibility index (Phi) is 3.22. The molecular formula is C12H14FN3. The van der Waals surface area contributed by atoms with E-state index >= 15 is 0 Å². The number of hydrogen-bond donors (Lipinski definition) is 3. The van der Waals surface area contributed by atoms with Crippen LogP contribution in [0, 0.1) is 5.82 Å². The van der Waals surface area contributed by atoms with E-state index in [-0.39, 0.29) is 5.82 Å². The molecule has 0 aliphatic heterocycles. The molecule has 4 heteroatoms. The van der Waals surface area contributed by atoms with Gasteiger partial charge in [-0.3, -0.25) is 0 Å². The average Bonchev–Trinajstić information content (AvgIpc) is 2.76. The van der Waals surface area contributed by atoms with Crippen molar-refractivity contribution >= 4 is 5.69 Å². The van der Waals surface area contributed by atoms with E-state index in [4.69, 9.17) is 5.73 Å². The molecule has 0 aliphatic rings. The Morgan fingerprint density at radius 2 is 1.75 bits per heavy atom. The van der Waals surface area contributed by atoms with Gasteiger partial charge in [-0.15, -0.1) is 0 Å². The van der Waals surface area contributed by atoms with Crippen molar-refractivity contribution in [3.8, 4) is 0 Å². The molecule has 0 spiro atoms. The summed E-state index contributed by atoms with van der Waals surface area (Å²) in [5.74, 6) is -0.226. The van der Waals surface area contributed by atoms with Crippen molar-refractivity contribution in [1.82, 2.24) is 4.98 Å². The standard InChI is InChI=1S/C12H14FN3/c13-9-1-3-10(4-2-9)15-8-12-6-5-11(7-14)16-12/h1-6,15-16H,7-8,14H2. The van der Waals surface area contributed by atoms with E-state index in [1.165, 1.54) is 12.1 Å². The van der Waals surface area contributed by atoms with Crippen LogP contribution in [0.1, 0.15) is 11.4 Å². The van der Waals surface area contributed by atoms with Crippen LogP contribution in [0.15, 0.2) is 36.4 Å². The van der Waals surface area contributed by atoms with Crippen molar-refractivity contribution in [1.29, 1.82) is 0 Å². The molecule has 0 amide bonds. The quantitative estimate of drug-likeness (QED) is 0.738. The molecule has 2 rings (SSSR count). The van der Waals surface area contributed by atoms with Crippen molar-refractivity contribution in [2.45, 2.75) is 13.1 Å². The number of aromatic amines is 1. The molecule has 1 heterocycles. The number of nitrogens with one attached hydrogen (secondary N) is 2. The molecule has 0 saturated heterocycles. The molecule has 1 aromatic carbocycles. The van der Waals surface area contributed by atoms with Gasteiger partial charge in [-0.25, -0.2) is 4.39 Å². The van der Waals surface area contributed by atoms with Gasteiger partial charge in [0.1, 0.15) is 5.82 Å². The maximum Gasteiger partial charge on any atom is 0.123 e. The third-order valence-electron chi connectivity index (χ3n) is 2.35. The molecule has 0 radical (unpaired) electrons. The van der Waals surface area contributed by atoms with Crippen LogP contribution in [0.25, 0.3) is 0 Å². The largest absolute Gasteiger partial charge is 0.379 e. The Labute approximate surface area is 93.5 Å². The van der Waals surface area contributed by atoms with E-state index < -0.39 is 0 Å². The third kappa shape index (κ3) is 2.61. The number of rotatable bonds is 4. The molecule has 0 aliphatic carbocycles. The van der Waals surface area contributed by atoms with Gasteiger partial charge < -0.3 is 16.0 Å². The van der Waals surface area contributed by atoms with Crippen LogP contribution in [-0.4, -0.2) is 4.98 Å². The lowest BCUT2D eigenvalue weighted by Gasteiger charge is -2.04. The molecule has 0 fully saturated rings. The average molecular weight is 219 g/mol. The first-order valence-corrected chi connectivity index (χ1v) is 5.14. The normalized spacial score (nSPS) is 10.4. The predicted octanol–water partition coefficient (Wildman–Crippen LogP) is 2.22. The van der Waals surface area contributed by atoms with E-state index in [2.05, 4.69) is 10.3 Å². The molecule has 84 valence electrons. The van der Waals surface area contributed by atoms with E-state index in [1.54, 1.807) is 12.1 Å². The number of H-pyrrole nitrogens is 1. The van der Waals surface area contributed by atoms with Crippen molar-refractivity contribution in [3.05, 3.63) is 53.6 Å². The lowest BCUT2D eigenvalue weighted by Crippen LogP contribution is -2.01. The van der Waals surface area contributed by atoms with Crippen molar-refractivity contribution in [3.63, 3.8) is 0 Å². The molecule has 16 heavy (non-hydrogen) atoms. The highest BCUT2D eigenvalue weighted by Crippen LogP contribution is 2.10. The molecule has 0 bridgehead atoms. The van der Waals surface area contributed by atoms with Crippen LogP contribution < -0.4 is 11.1 Å². The highest BCUT2D eigenvalue weighted by Gasteiger charge is 1.97. The fourth-order valence-corrected chi connectivity index (χ4v) is 1.48. The van der Waals surface area contributed by atoms with Gasteiger partial charge in [0, 0.05) is 23.6 Å². The summed E-state index contributed by atoms with van der Waals surface area (Å²) in [6.45, 7) is 1.18. The van der Waals surface area contributed by atoms with Crippen LogP contribution in [0.4, 0.5) is 10.1 Å². The molecule has 0 atom stereocenters. The van der Waals surface area contributed by atoms with E-state index in [0.717, 1.165) is 17.1 Å². The van der Waals surface area contributed by atoms with Crippen molar-refractivity contribution < 1.29 is 4.39 Å². The monoisotopic (exact) mass is 219 g/mol. The van der Waals surface area contributed by atoms with Crippen LogP contribution >= 0.6 is 0 Å². The molecule has 3 nitrogen and oxygen atoms in total. The van der Waals surface area contributed by atoms with Gasteiger partial charge in [-0.2, -0.15) is 0 Å². The van der Waals surface area contributed by atoms with Gasteiger partial charge in [0.15, 0.2) is 0 Å². The number of nitrogens with two attached hydrogens (primary N) is 1. The van der Waals surface area contributed by atoms with Crippen molar-refractivity contribution in [2.24, 2.45) is 5.73 Å². The first-order chi connectivity index (χ1) is 7.78. The Hall–Kier alpha value is -1.81. The first-order valence-electron chi connectivity index (χ1n) is 5.14. The van der Waals surface area contributed by atoms with Crippen LogP contribution in [0.3, 0.4) is 0 Å². The fourth-order valence-electron chi connectivity index (χ4n) is 1.48. The number of benzene rings is 1. The SMILES string of the molecule is NCc1ccc(CNc2ccc(F)cc2)[nH]1. The minimum absolute atomic E-state index is 0.226. The van der Waals surface area contributed by atoms with E-state index in [0.29, 0.717) is 13.1 Å². The number of aromatic nitrogens is 1. The summed E-state index contributed by atoms with van der Waals surface area (Å²) in [4.78, 5) is 3.18. The predicted molar refractivity (Wildman–Crippen MR) is 62.4 cm³/mol. The summed E-state index contributed by atoms with van der Waals surface area (Å²) in [6, 6.07) is 10.2. The summed E-state index contributed by atoms with van der Waals surface area (Å²) in [5, 5.41) is 3.19. The van der Waals surface area contributed by atoms with Gasteiger partial charge in [-0.1, -0.05) is 0 Å². The number of hydrogen-bond acceptors (Lipinski definition) is 2. The minimum atomic E-state index is -0.226. The second-order valence-electron chi connectivity index (χ2n) is 3.57. The molecule has 2 aromatic rings. The molecule has 0 saturated carbocycles. The molecular weight excluding hydrogens is 205 g/mol. The topological polar surface area (TPSA) is 53.8 Å². The van der Waals surface area contributed by atoms with Crippen molar-refractivity contribution in [2.75, 3.05) is 5.32 Å². The zero-order valence-electron chi connectivity index (χ0n) is 8.83. The first kappa shape index (κ1) is 10.7. The summed E-state index contributed by atoms with van der Waals surface area (Å²) < 4.78 is 12.7. The van der Waals surface area contributed by atoms with E-state index in [1.807, 2.05) is 12.1 Å². The summed E-state index contributed by atoms with van der Waals surface area (Å²) >= 11 is 0. The maximum absolute atomic E-state index is 12.7. The smallest absolute Gasteiger partial charge is 0.123 e. The van der Waals surface area contributed by atoms with E-state index in [9.17, 15) is 4.39 Å². The Morgan fingerprint density at radius 1 is 1.06 bits per heavy atom. The number of halogens is 1. The Bertz CT molecular complexity index is 448.